The minimum atomic E-state index is -0.440. The van der Waals surface area contributed by atoms with Gasteiger partial charge in [0.2, 0.25) is 0 Å². The van der Waals surface area contributed by atoms with Gasteiger partial charge in [0.05, 0.1) is 0 Å². The van der Waals surface area contributed by atoms with Crippen LogP contribution in [0.2, 0.25) is 0 Å². The standard InChI is InChI=1S/C10H20N2O4S2/c13-9(15-5-7-17)11-3-1-2-4-12-10(14)16-6-8-18/h17-18H,1-8H2,(H,11,13)(H,12,14). The third-order valence-electron chi connectivity index (χ3n) is 1.79. The summed E-state index contributed by atoms with van der Waals surface area (Å²) in [7, 11) is 0. The largest absolute Gasteiger partial charge is 0.449 e. The van der Waals surface area contributed by atoms with E-state index in [4.69, 9.17) is 9.47 Å². The van der Waals surface area contributed by atoms with Crippen molar-refractivity contribution >= 4 is 37.4 Å². The summed E-state index contributed by atoms with van der Waals surface area (Å²) in [6.45, 7) is 1.62. The van der Waals surface area contributed by atoms with Crippen LogP contribution in [0.25, 0.3) is 0 Å². The Labute approximate surface area is 118 Å². The maximum absolute atomic E-state index is 11.0. The first-order valence-electron chi connectivity index (χ1n) is 5.73. The number of carbonyl (C=O) groups excluding carboxylic acids is 2. The minimum Gasteiger partial charge on any atom is -0.449 e. The summed E-state index contributed by atoms with van der Waals surface area (Å²) in [5.74, 6) is 1.01. The molecule has 0 spiro atoms. The van der Waals surface area contributed by atoms with Crippen LogP contribution in [0.4, 0.5) is 9.59 Å². The highest BCUT2D eigenvalue weighted by atomic mass is 32.1. The molecule has 2 N–H and O–H groups in total. The van der Waals surface area contributed by atoms with E-state index in [1.165, 1.54) is 0 Å². The zero-order valence-corrected chi connectivity index (χ0v) is 12.0. The van der Waals surface area contributed by atoms with Crippen LogP contribution in [-0.2, 0) is 9.47 Å². The van der Waals surface area contributed by atoms with Crippen LogP contribution < -0.4 is 10.6 Å². The van der Waals surface area contributed by atoms with E-state index in [1.807, 2.05) is 0 Å². The van der Waals surface area contributed by atoms with Crippen LogP contribution in [0, 0.1) is 0 Å². The lowest BCUT2D eigenvalue weighted by Gasteiger charge is -2.07. The molecule has 0 saturated carbocycles. The lowest BCUT2D eigenvalue weighted by atomic mass is 10.3. The van der Waals surface area contributed by atoms with Crippen molar-refractivity contribution in [3.8, 4) is 0 Å². The van der Waals surface area contributed by atoms with Gasteiger partial charge in [0.15, 0.2) is 0 Å². The molecule has 0 heterocycles. The molecule has 0 aliphatic rings. The second-order valence-electron chi connectivity index (χ2n) is 3.28. The molecule has 0 aromatic heterocycles. The number of amides is 2. The molecular weight excluding hydrogens is 276 g/mol. The highest BCUT2D eigenvalue weighted by Crippen LogP contribution is 1.88. The van der Waals surface area contributed by atoms with Crippen molar-refractivity contribution in [2.24, 2.45) is 0 Å². The molecule has 0 unspecified atom stereocenters. The van der Waals surface area contributed by atoms with Crippen molar-refractivity contribution in [2.75, 3.05) is 37.8 Å². The SMILES string of the molecule is O=C(NCCCCNC(=O)OCCS)OCCS. The van der Waals surface area contributed by atoms with E-state index >= 15 is 0 Å². The Morgan fingerprint density at radius 2 is 1.22 bits per heavy atom. The number of hydrogen-bond acceptors (Lipinski definition) is 6. The zero-order chi connectivity index (χ0) is 13.6. The van der Waals surface area contributed by atoms with Gasteiger partial charge in [0, 0.05) is 24.6 Å². The summed E-state index contributed by atoms with van der Waals surface area (Å²) in [5.41, 5.74) is 0. The Hall–Kier alpha value is -0.760. The summed E-state index contributed by atoms with van der Waals surface area (Å²) >= 11 is 7.83. The molecule has 2 amide bonds. The number of nitrogens with one attached hydrogen (secondary N) is 2. The molecule has 0 bridgehead atoms. The van der Waals surface area contributed by atoms with E-state index in [2.05, 4.69) is 35.9 Å². The van der Waals surface area contributed by atoms with Gasteiger partial charge < -0.3 is 20.1 Å². The fourth-order valence-corrected chi connectivity index (χ4v) is 1.19. The number of ether oxygens (including phenoxy) is 2. The maximum atomic E-state index is 11.0. The first-order valence-corrected chi connectivity index (χ1v) is 7.00. The Balaban J connectivity index is 3.25. The smallest absolute Gasteiger partial charge is 0.407 e. The molecule has 18 heavy (non-hydrogen) atoms. The van der Waals surface area contributed by atoms with Gasteiger partial charge >= 0.3 is 12.2 Å². The van der Waals surface area contributed by atoms with Gasteiger partial charge in [-0.2, -0.15) is 25.3 Å². The maximum Gasteiger partial charge on any atom is 0.407 e. The second kappa shape index (κ2) is 12.7. The van der Waals surface area contributed by atoms with E-state index in [0.717, 1.165) is 12.8 Å². The Bertz CT molecular complexity index is 218. The van der Waals surface area contributed by atoms with Gasteiger partial charge in [-0.3, -0.25) is 0 Å². The predicted octanol–water partition coefficient (Wildman–Crippen LogP) is 1.08. The molecule has 106 valence electrons. The molecule has 0 aromatic rings. The molecule has 8 heteroatoms. The number of alkyl carbamates (subject to hydrolysis) is 2. The lowest BCUT2D eigenvalue weighted by molar-refractivity contribution is 0.151. The molecule has 0 rings (SSSR count). The van der Waals surface area contributed by atoms with Crippen molar-refractivity contribution in [3.05, 3.63) is 0 Å². The van der Waals surface area contributed by atoms with Crippen molar-refractivity contribution in [1.29, 1.82) is 0 Å². The number of hydrogen-bond donors (Lipinski definition) is 4. The van der Waals surface area contributed by atoms with E-state index < -0.39 is 12.2 Å². The number of carbonyl (C=O) groups is 2. The monoisotopic (exact) mass is 296 g/mol. The molecular formula is C10H20N2O4S2. The molecule has 0 saturated heterocycles. The van der Waals surface area contributed by atoms with Crippen LogP contribution in [0.5, 0.6) is 0 Å². The first-order chi connectivity index (χ1) is 8.70. The van der Waals surface area contributed by atoms with Gasteiger partial charge in [-0.25, -0.2) is 9.59 Å². The van der Waals surface area contributed by atoms with Crippen LogP contribution >= 0.6 is 25.3 Å². The summed E-state index contributed by atoms with van der Waals surface area (Å²) in [4.78, 5) is 22.0. The fraction of sp³-hybridized carbons (Fsp3) is 0.800. The Morgan fingerprint density at radius 1 is 0.833 bits per heavy atom. The van der Waals surface area contributed by atoms with Crippen molar-refractivity contribution in [3.63, 3.8) is 0 Å². The van der Waals surface area contributed by atoms with Crippen LogP contribution in [0.15, 0.2) is 0 Å². The Morgan fingerprint density at radius 3 is 1.56 bits per heavy atom. The van der Waals surface area contributed by atoms with Gasteiger partial charge in [-0.15, -0.1) is 0 Å². The topological polar surface area (TPSA) is 76.7 Å². The first kappa shape index (κ1) is 17.2. The minimum absolute atomic E-state index is 0.299. The highest BCUT2D eigenvalue weighted by Gasteiger charge is 2.01. The number of thiol groups is 2. The lowest BCUT2D eigenvalue weighted by Crippen LogP contribution is -2.28. The fourth-order valence-electron chi connectivity index (χ4n) is 1.01. The molecule has 0 aliphatic heterocycles. The van der Waals surface area contributed by atoms with Crippen LogP contribution in [0.3, 0.4) is 0 Å². The average Bonchev–Trinajstić information content (AvgIpc) is 2.37. The van der Waals surface area contributed by atoms with Crippen LogP contribution in [0.1, 0.15) is 12.8 Å². The summed E-state index contributed by atoms with van der Waals surface area (Å²) in [6.07, 6.45) is 0.626. The molecule has 6 nitrogen and oxygen atoms in total. The normalized spacial score (nSPS) is 9.67. The third-order valence-corrected chi connectivity index (χ3v) is 2.16. The van der Waals surface area contributed by atoms with Crippen molar-refractivity contribution in [2.45, 2.75) is 12.8 Å². The molecule has 0 atom stereocenters. The zero-order valence-electron chi connectivity index (χ0n) is 10.2. The van der Waals surface area contributed by atoms with E-state index in [-0.39, 0.29) is 0 Å². The average molecular weight is 296 g/mol. The van der Waals surface area contributed by atoms with E-state index in [9.17, 15) is 9.59 Å². The third kappa shape index (κ3) is 11.7. The van der Waals surface area contributed by atoms with Gasteiger partial charge in [-0.1, -0.05) is 0 Å². The van der Waals surface area contributed by atoms with Gasteiger partial charge in [-0.05, 0) is 12.8 Å². The van der Waals surface area contributed by atoms with E-state index in [1.54, 1.807) is 0 Å². The molecule has 0 fully saturated rings. The molecule has 0 aromatic carbocycles. The number of unbranched alkanes of at least 4 members (excludes halogenated alkanes) is 1. The Kier molecular flexibility index (Phi) is 12.2. The predicted molar refractivity (Wildman–Crippen MR) is 75.6 cm³/mol. The van der Waals surface area contributed by atoms with Crippen LogP contribution in [-0.4, -0.2) is 50.0 Å². The quantitative estimate of drug-likeness (QED) is 0.379. The molecule has 0 aliphatic carbocycles. The van der Waals surface area contributed by atoms with Gasteiger partial charge in [0.1, 0.15) is 13.2 Å². The summed E-state index contributed by atoms with van der Waals surface area (Å²) in [5, 5.41) is 5.18. The number of rotatable bonds is 9. The molecule has 0 radical (unpaired) electrons. The van der Waals surface area contributed by atoms with Crippen molar-refractivity contribution in [1.82, 2.24) is 10.6 Å². The highest BCUT2D eigenvalue weighted by molar-refractivity contribution is 7.80. The van der Waals surface area contributed by atoms with E-state index in [0.29, 0.717) is 37.8 Å². The van der Waals surface area contributed by atoms with Gasteiger partial charge in [0.25, 0.3) is 0 Å². The van der Waals surface area contributed by atoms with Crippen molar-refractivity contribution < 1.29 is 19.1 Å². The second-order valence-corrected chi connectivity index (χ2v) is 4.17. The summed E-state index contributed by atoms with van der Waals surface area (Å²) in [6, 6.07) is 0. The summed E-state index contributed by atoms with van der Waals surface area (Å²) < 4.78 is 9.51.